The minimum atomic E-state index is -0.300. The Labute approximate surface area is 135 Å². The van der Waals surface area contributed by atoms with E-state index in [2.05, 4.69) is 5.32 Å². The molecule has 6 nitrogen and oxygen atoms in total. The first-order valence-corrected chi connectivity index (χ1v) is 8.00. The van der Waals surface area contributed by atoms with Crippen molar-refractivity contribution in [3.63, 3.8) is 0 Å². The number of anilines is 1. The number of hydrogen-bond acceptors (Lipinski definition) is 4. The van der Waals surface area contributed by atoms with Crippen LogP contribution in [0.5, 0.6) is 5.75 Å². The van der Waals surface area contributed by atoms with Crippen molar-refractivity contribution in [2.45, 2.75) is 25.4 Å². The lowest BCUT2D eigenvalue weighted by atomic mass is 10.1. The maximum Gasteiger partial charge on any atom is 0.229 e. The summed E-state index contributed by atoms with van der Waals surface area (Å²) in [5.41, 5.74) is 0.709. The van der Waals surface area contributed by atoms with Crippen molar-refractivity contribution < 1.29 is 19.1 Å². The lowest BCUT2D eigenvalue weighted by Gasteiger charge is -2.20. The Hall–Kier alpha value is -2.08. The van der Waals surface area contributed by atoms with E-state index in [-0.39, 0.29) is 30.3 Å². The van der Waals surface area contributed by atoms with Crippen LogP contribution in [0.1, 0.15) is 19.3 Å². The number of hydrogen-bond donors (Lipinski definition) is 1. The van der Waals surface area contributed by atoms with E-state index in [4.69, 9.17) is 9.47 Å². The number of methoxy groups -OCH3 is 1. The zero-order valence-corrected chi connectivity index (χ0v) is 13.3. The van der Waals surface area contributed by atoms with Crippen molar-refractivity contribution >= 4 is 17.5 Å². The summed E-state index contributed by atoms with van der Waals surface area (Å²) in [6.07, 6.45) is 2.44. The highest BCUT2D eigenvalue weighted by molar-refractivity contribution is 5.97. The summed E-state index contributed by atoms with van der Waals surface area (Å²) in [7, 11) is 1.60. The minimum absolute atomic E-state index is 0.0374. The predicted octanol–water partition coefficient (Wildman–Crippen LogP) is 1.66. The van der Waals surface area contributed by atoms with E-state index in [0.717, 1.165) is 25.2 Å². The second-order valence-corrected chi connectivity index (χ2v) is 6.05. The molecule has 2 atom stereocenters. The SMILES string of the molecule is COc1ccc(NC(=O)C2CC(=O)N(CC3CCCO3)C2)cc1. The van der Waals surface area contributed by atoms with Crippen LogP contribution in [0.2, 0.25) is 0 Å². The van der Waals surface area contributed by atoms with Gasteiger partial charge in [-0.25, -0.2) is 0 Å². The number of nitrogens with one attached hydrogen (secondary N) is 1. The molecule has 6 heteroatoms. The number of amides is 2. The topological polar surface area (TPSA) is 67.9 Å². The molecular formula is C17H22N2O4. The van der Waals surface area contributed by atoms with Gasteiger partial charge in [-0.15, -0.1) is 0 Å². The lowest BCUT2D eigenvalue weighted by Crippen LogP contribution is -2.34. The van der Waals surface area contributed by atoms with Crippen LogP contribution in [0.25, 0.3) is 0 Å². The summed E-state index contributed by atoms with van der Waals surface area (Å²) in [6.45, 7) is 1.85. The predicted molar refractivity (Wildman–Crippen MR) is 85.3 cm³/mol. The fourth-order valence-corrected chi connectivity index (χ4v) is 3.08. The molecule has 2 unspecified atom stereocenters. The van der Waals surface area contributed by atoms with Crippen LogP contribution in [0.4, 0.5) is 5.69 Å². The second-order valence-electron chi connectivity index (χ2n) is 6.05. The number of nitrogens with zero attached hydrogens (tertiary/aromatic N) is 1. The molecule has 1 aromatic rings. The van der Waals surface area contributed by atoms with Gasteiger partial charge in [0.05, 0.1) is 19.1 Å². The molecule has 1 N–H and O–H groups in total. The Bertz CT molecular complexity index is 566. The molecule has 0 saturated carbocycles. The van der Waals surface area contributed by atoms with Gasteiger partial charge in [-0.1, -0.05) is 0 Å². The van der Waals surface area contributed by atoms with Gasteiger partial charge < -0.3 is 19.7 Å². The fourth-order valence-electron chi connectivity index (χ4n) is 3.08. The van der Waals surface area contributed by atoms with E-state index in [1.807, 2.05) is 0 Å². The smallest absolute Gasteiger partial charge is 0.229 e. The zero-order valence-electron chi connectivity index (χ0n) is 13.3. The van der Waals surface area contributed by atoms with E-state index in [1.165, 1.54) is 0 Å². The zero-order chi connectivity index (χ0) is 16.2. The molecule has 2 amide bonds. The number of ether oxygens (including phenoxy) is 2. The van der Waals surface area contributed by atoms with Crippen molar-refractivity contribution in [1.29, 1.82) is 0 Å². The van der Waals surface area contributed by atoms with Crippen molar-refractivity contribution in [1.82, 2.24) is 4.90 Å². The third-order valence-electron chi connectivity index (χ3n) is 4.39. The van der Waals surface area contributed by atoms with Crippen LogP contribution in [-0.4, -0.2) is 49.6 Å². The third-order valence-corrected chi connectivity index (χ3v) is 4.39. The number of likely N-dealkylation sites (tertiary alicyclic amines) is 1. The molecule has 0 spiro atoms. The largest absolute Gasteiger partial charge is 0.497 e. The highest BCUT2D eigenvalue weighted by Crippen LogP contribution is 2.23. The van der Waals surface area contributed by atoms with Crippen LogP contribution >= 0.6 is 0 Å². The van der Waals surface area contributed by atoms with Crippen LogP contribution < -0.4 is 10.1 Å². The van der Waals surface area contributed by atoms with E-state index >= 15 is 0 Å². The van der Waals surface area contributed by atoms with E-state index in [9.17, 15) is 9.59 Å². The molecule has 1 aromatic carbocycles. The highest BCUT2D eigenvalue weighted by Gasteiger charge is 2.35. The van der Waals surface area contributed by atoms with Crippen molar-refractivity contribution in [3.8, 4) is 5.75 Å². The highest BCUT2D eigenvalue weighted by atomic mass is 16.5. The van der Waals surface area contributed by atoms with Crippen LogP contribution in [0, 0.1) is 5.92 Å². The quantitative estimate of drug-likeness (QED) is 0.896. The normalized spacial score (nSPS) is 24.0. The summed E-state index contributed by atoms with van der Waals surface area (Å²) < 4.78 is 10.7. The first-order valence-electron chi connectivity index (χ1n) is 8.00. The lowest BCUT2D eigenvalue weighted by molar-refractivity contribution is -0.129. The summed E-state index contributed by atoms with van der Waals surface area (Å²) in [6, 6.07) is 7.16. The van der Waals surface area contributed by atoms with Gasteiger partial charge in [0, 0.05) is 31.8 Å². The first-order chi connectivity index (χ1) is 11.2. The Balaban J connectivity index is 1.54. The summed E-state index contributed by atoms with van der Waals surface area (Å²) in [5.74, 6) is 0.363. The molecule has 2 aliphatic heterocycles. The molecule has 2 fully saturated rings. The average Bonchev–Trinajstić information content (AvgIpc) is 3.19. The van der Waals surface area contributed by atoms with E-state index in [0.29, 0.717) is 18.8 Å². The molecule has 3 rings (SSSR count). The van der Waals surface area contributed by atoms with Gasteiger partial charge in [-0.2, -0.15) is 0 Å². The minimum Gasteiger partial charge on any atom is -0.497 e. The first kappa shape index (κ1) is 15.8. The molecular weight excluding hydrogens is 296 g/mol. The Morgan fingerprint density at radius 2 is 2.17 bits per heavy atom. The summed E-state index contributed by atoms with van der Waals surface area (Å²) >= 11 is 0. The number of carbonyl (C=O) groups excluding carboxylic acids is 2. The van der Waals surface area contributed by atoms with Gasteiger partial charge in [0.15, 0.2) is 0 Å². The van der Waals surface area contributed by atoms with Crippen LogP contribution in [0.15, 0.2) is 24.3 Å². The van der Waals surface area contributed by atoms with Gasteiger partial charge in [-0.05, 0) is 37.1 Å². The Kier molecular flexibility index (Phi) is 4.81. The standard InChI is InChI=1S/C17H22N2O4/c1-22-14-6-4-13(5-7-14)18-17(21)12-9-16(20)19(10-12)11-15-3-2-8-23-15/h4-7,12,15H,2-3,8-11H2,1H3,(H,18,21). The molecule has 0 aromatic heterocycles. The average molecular weight is 318 g/mol. The summed E-state index contributed by atoms with van der Waals surface area (Å²) in [5, 5.41) is 2.87. The molecule has 0 aliphatic carbocycles. The fraction of sp³-hybridized carbons (Fsp3) is 0.529. The van der Waals surface area contributed by atoms with E-state index in [1.54, 1.807) is 36.3 Å². The van der Waals surface area contributed by atoms with Gasteiger partial charge in [0.1, 0.15) is 5.75 Å². The maximum absolute atomic E-state index is 12.3. The molecule has 2 heterocycles. The monoisotopic (exact) mass is 318 g/mol. The summed E-state index contributed by atoms with van der Waals surface area (Å²) in [4.78, 5) is 26.2. The van der Waals surface area contributed by atoms with Gasteiger partial charge in [0.25, 0.3) is 0 Å². The van der Waals surface area contributed by atoms with Crippen molar-refractivity contribution in [2.75, 3.05) is 32.1 Å². The van der Waals surface area contributed by atoms with Gasteiger partial charge >= 0.3 is 0 Å². The molecule has 0 bridgehead atoms. The van der Waals surface area contributed by atoms with Crippen LogP contribution in [0.3, 0.4) is 0 Å². The molecule has 2 aliphatic rings. The Morgan fingerprint density at radius 3 is 2.83 bits per heavy atom. The van der Waals surface area contributed by atoms with E-state index < -0.39 is 0 Å². The third kappa shape index (κ3) is 3.82. The molecule has 23 heavy (non-hydrogen) atoms. The number of benzene rings is 1. The number of carbonyl (C=O) groups is 2. The van der Waals surface area contributed by atoms with Crippen LogP contribution in [-0.2, 0) is 14.3 Å². The van der Waals surface area contributed by atoms with Crippen molar-refractivity contribution in [3.05, 3.63) is 24.3 Å². The van der Waals surface area contributed by atoms with Gasteiger partial charge in [-0.3, -0.25) is 9.59 Å². The number of rotatable bonds is 5. The molecule has 124 valence electrons. The molecule has 2 saturated heterocycles. The van der Waals surface area contributed by atoms with Gasteiger partial charge in [0.2, 0.25) is 11.8 Å². The molecule has 0 radical (unpaired) electrons. The second kappa shape index (κ2) is 7.00. The van der Waals surface area contributed by atoms with Crippen molar-refractivity contribution in [2.24, 2.45) is 5.92 Å². The maximum atomic E-state index is 12.3. The Morgan fingerprint density at radius 1 is 1.39 bits per heavy atom.